The minimum atomic E-state index is 1.16. The summed E-state index contributed by atoms with van der Waals surface area (Å²) >= 11 is 0. The highest BCUT2D eigenvalue weighted by atomic mass is 15.0. The molecular weight excluding hydrogens is 402 g/mol. The molecule has 0 aliphatic rings. The van der Waals surface area contributed by atoms with Crippen molar-refractivity contribution in [3.05, 3.63) is 103 Å². The highest BCUT2D eigenvalue weighted by Crippen LogP contribution is 2.46. The highest BCUT2D eigenvalue weighted by molar-refractivity contribution is 6.39. The van der Waals surface area contributed by atoms with E-state index in [0.717, 1.165) is 11.0 Å². The molecule has 8 rings (SSSR count). The summed E-state index contributed by atoms with van der Waals surface area (Å²) in [7, 11) is 0. The maximum absolute atomic E-state index is 3.78. The first-order valence-corrected chi connectivity index (χ1v) is 11.3. The van der Waals surface area contributed by atoms with Gasteiger partial charge in [-0.05, 0) is 30.3 Å². The number of aromatic amines is 2. The number of hydrogen-bond acceptors (Lipinski definition) is 0. The molecule has 0 spiro atoms. The van der Waals surface area contributed by atoms with Gasteiger partial charge in [-0.1, -0.05) is 72.8 Å². The molecule has 0 aliphatic carbocycles. The second kappa shape index (κ2) is 6.05. The van der Waals surface area contributed by atoms with E-state index in [1.165, 1.54) is 60.1 Å². The van der Waals surface area contributed by atoms with Gasteiger partial charge in [-0.2, -0.15) is 0 Å². The van der Waals surface area contributed by atoms with Crippen molar-refractivity contribution in [1.29, 1.82) is 0 Å². The molecule has 0 amide bonds. The van der Waals surface area contributed by atoms with E-state index >= 15 is 0 Å². The number of hydrogen-bond donors (Lipinski definition) is 2. The first-order valence-electron chi connectivity index (χ1n) is 11.3. The lowest BCUT2D eigenvalue weighted by Crippen LogP contribution is -1.93. The minimum absolute atomic E-state index is 1.16. The molecule has 0 atom stereocenters. The van der Waals surface area contributed by atoms with Crippen molar-refractivity contribution >= 4 is 65.4 Å². The summed E-state index contributed by atoms with van der Waals surface area (Å²) in [6, 6.07) is 36.7. The van der Waals surface area contributed by atoms with Gasteiger partial charge in [-0.3, -0.25) is 0 Å². The van der Waals surface area contributed by atoms with E-state index in [0.29, 0.717) is 0 Å². The van der Waals surface area contributed by atoms with Crippen molar-refractivity contribution in [3.63, 3.8) is 0 Å². The zero-order valence-electron chi connectivity index (χ0n) is 17.8. The quantitative estimate of drug-likeness (QED) is 0.269. The Morgan fingerprint density at radius 2 is 0.970 bits per heavy atom. The second-order valence-corrected chi connectivity index (χ2v) is 8.75. The fourth-order valence-corrected chi connectivity index (χ4v) is 5.74. The molecule has 0 saturated carbocycles. The molecule has 0 unspecified atom stereocenters. The van der Waals surface area contributed by atoms with Crippen LogP contribution < -0.4 is 0 Å². The zero-order valence-corrected chi connectivity index (χ0v) is 17.8. The van der Waals surface area contributed by atoms with E-state index in [1.807, 2.05) is 0 Å². The lowest BCUT2D eigenvalue weighted by molar-refractivity contribution is 1.19. The number of rotatable bonds is 1. The smallest absolute Gasteiger partial charge is 0.0662 e. The minimum Gasteiger partial charge on any atom is -0.354 e. The van der Waals surface area contributed by atoms with Crippen LogP contribution >= 0.6 is 0 Å². The summed E-state index contributed by atoms with van der Waals surface area (Å²) in [6.07, 6.45) is 0. The Kier molecular flexibility index (Phi) is 3.14. The van der Waals surface area contributed by atoms with Gasteiger partial charge in [-0.15, -0.1) is 0 Å². The van der Waals surface area contributed by atoms with Gasteiger partial charge >= 0.3 is 0 Å². The summed E-state index contributed by atoms with van der Waals surface area (Å²) in [5, 5.41) is 7.59. The van der Waals surface area contributed by atoms with Gasteiger partial charge in [0.05, 0.1) is 22.1 Å². The topological polar surface area (TPSA) is 36.5 Å². The number of aromatic nitrogens is 3. The van der Waals surface area contributed by atoms with Gasteiger partial charge in [0.25, 0.3) is 0 Å². The van der Waals surface area contributed by atoms with Crippen LogP contribution in [-0.2, 0) is 0 Å². The maximum atomic E-state index is 3.78. The predicted molar refractivity (Wildman–Crippen MR) is 140 cm³/mol. The summed E-state index contributed by atoms with van der Waals surface area (Å²) in [6.45, 7) is 0. The maximum Gasteiger partial charge on any atom is 0.0662 e. The molecule has 0 bridgehead atoms. The highest BCUT2D eigenvalue weighted by Gasteiger charge is 2.23. The van der Waals surface area contributed by atoms with Crippen LogP contribution in [0.4, 0.5) is 0 Å². The Hall–Kier alpha value is -4.50. The van der Waals surface area contributed by atoms with Crippen LogP contribution in [0.1, 0.15) is 0 Å². The van der Waals surface area contributed by atoms with E-state index in [2.05, 4.69) is 118 Å². The van der Waals surface area contributed by atoms with Crippen molar-refractivity contribution in [2.75, 3.05) is 0 Å². The van der Waals surface area contributed by atoms with Crippen LogP contribution in [-0.4, -0.2) is 14.5 Å². The van der Waals surface area contributed by atoms with E-state index in [4.69, 9.17) is 0 Å². The first-order chi connectivity index (χ1) is 16.4. The fourth-order valence-electron chi connectivity index (χ4n) is 5.74. The monoisotopic (exact) mass is 421 g/mol. The molecule has 3 heterocycles. The van der Waals surface area contributed by atoms with Crippen LogP contribution in [0.25, 0.3) is 71.1 Å². The molecule has 0 fully saturated rings. The Labute approximate surface area is 188 Å². The van der Waals surface area contributed by atoms with Crippen LogP contribution in [0.2, 0.25) is 0 Å². The molecule has 5 aromatic carbocycles. The van der Waals surface area contributed by atoms with Gasteiger partial charge in [0.1, 0.15) is 0 Å². The zero-order chi connectivity index (χ0) is 21.5. The Morgan fingerprint density at radius 3 is 1.67 bits per heavy atom. The van der Waals surface area contributed by atoms with Crippen LogP contribution in [0.3, 0.4) is 0 Å². The number of benzene rings is 5. The summed E-state index contributed by atoms with van der Waals surface area (Å²) in [5.74, 6) is 0. The van der Waals surface area contributed by atoms with Crippen molar-refractivity contribution in [2.24, 2.45) is 0 Å². The number of para-hydroxylation sites is 4. The molecule has 8 aromatic rings. The largest absolute Gasteiger partial charge is 0.354 e. The number of fused-ring (bicyclic) bond motifs is 12. The van der Waals surface area contributed by atoms with Gasteiger partial charge in [0.2, 0.25) is 0 Å². The molecule has 0 radical (unpaired) electrons. The van der Waals surface area contributed by atoms with Crippen LogP contribution in [0.15, 0.2) is 103 Å². The Balaban J connectivity index is 1.80. The van der Waals surface area contributed by atoms with Crippen LogP contribution in [0.5, 0.6) is 0 Å². The second-order valence-electron chi connectivity index (χ2n) is 8.75. The Morgan fingerprint density at radius 1 is 0.455 bits per heavy atom. The molecule has 3 aromatic heterocycles. The van der Waals surface area contributed by atoms with E-state index < -0.39 is 0 Å². The molecule has 3 nitrogen and oxygen atoms in total. The van der Waals surface area contributed by atoms with Crippen molar-refractivity contribution in [1.82, 2.24) is 14.5 Å². The molecule has 33 heavy (non-hydrogen) atoms. The third kappa shape index (κ3) is 2.09. The first kappa shape index (κ1) is 17.1. The van der Waals surface area contributed by atoms with Crippen molar-refractivity contribution in [2.45, 2.75) is 0 Å². The predicted octanol–water partition coefficient (Wildman–Crippen LogP) is 8.05. The van der Waals surface area contributed by atoms with E-state index in [9.17, 15) is 0 Å². The third-order valence-electron chi connectivity index (χ3n) is 7.04. The van der Waals surface area contributed by atoms with Gasteiger partial charge in [0.15, 0.2) is 0 Å². The number of nitrogens with zero attached hydrogens (tertiary/aromatic N) is 1. The normalized spacial score (nSPS) is 12.2. The molecular formula is C30H19N3. The lowest BCUT2D eigenvalue weighted by Gasteiger charge is -2.09. The molecule has 0 aliphatic heterocycles. The molecule has 2 N–H and O–H groups in total. The number of H-pyrrole nitrogens is 2. The summed E-state index contributed by atoms with van der Waals surface area (Å²) < 4.78 is 2.43. The average molecular weight is 422 g/mol. The van der Waals surface area contributed by atoms with E-state index in [-0.39, 0.29) is 0 Å². The summed E-state index contributed by atoms with van der Waals surface area (Å²) in [5.41, 5.74) is 8.34. The van der Waals surface area contributed by atoms with Gasteiger partial charge in [-0.25, -0.2) is 0 Å². The van der Waals surface area contributed by atoms with Crippen molar-refractivity contribution < 1.29 is 0 Å². The summed E-state index contributed by atoms with van der Waals surface area (Å²) in [4.78, 5) is 7.56. The third-order valence-corrected chi connectivity index (χ3v) is 7.04. The van der Waals surface area contributed by atoms with Crippen molar-refractivity contribution in [3.8, 4) is 5.69 Å². The molecule has 3 heteroatoms. The van der Waals surface area contributed by atoms with Crippen LogP contribution in [0, 0.1) is 0 Å². The average Bonchev–Trinajstić information content (AvgIpc) is 3.53. The SMILES string of the molecule is c1ccc(-n2c3ccccc3c3c4[nH]c5ccccc5c4c4[nH]c5ccccc5c4c32)cc1. The standard InChI is InChI=1S/C30H19N3/c1-2-10-18(11-3-1)33-24-17-9-6-14-21(24)27-29-25(19-12-4-7-15-22(19)31-29)28-26(30(27)33)20-13-5-8-16-23(20)32-28/h1-17,31-32H. The molecule has 154 valence electrons. The van der Waals surface area contributed by atoms with Gasteiger partial charge in [0, 0.05) is 49.0 Å². The lowest BCUT2D eigenvalue weighted by atomic mass is 10.0. The number of nitrogens with one attached hydrogen (secondary N) is 2. The van der Waals surface area contributed by atoms with Gasteiger partial charge < -0.3 is 14.5 Å². The van der Waals surface area contributed by atoms with E-state index in [1.54, 1.807) is 0 Å². The molecule has 0 saturated heterocycles. The fraction of sp³-hybridized carbons (Fsp3) is 0. The Bertz CT molecular complexity index is 1990.